The molecule has 1 saturated carbocycles. The average molecular weight is 393 g/mol. The number of benzene rings is 2. The monoisotopic (exact) mass is 393 g/mol. The predicted octanol–water partition coefficient (Wildman–Crippen LogP) is 3.15. The third-order valence-electron chi connectivity index (χ3n) is 5.72. The number of para-hydroxylation sites is 3. The first-order valence-electron chi connectivity index (χ1n) is 10.3. The van der Waals surface area contributed by atoms with E-state index in [0.29, 0.717) is 44.0 Å². The van der Waals surface area contributed by atoms with Crippen molar-refractivity contribution < 1.29 is 14.3 Å². The molecule has 2 aliphatic rings. The molecule has 6 heteroatoms. The fraction of sp³-hybridized carbons (Fsp3) is 0.391. The third-order valence-corrected chi connectivity index (χ3v) is 5.72. The van der Waals surface area contributed by atoms with Crippen LogP contribution in [-0.4, -0.2) is 49.5 Å². The molecule has 1 aliphatic heterocycles. The molecule has 1 saturated heterocycles. The number of carbonyl (C=O) groups excluding carboxylic acids is 2. The maximum atomic E-state index is 13.2. The third kappa shape index (κ3) is 3.92. The lowest BCUT2D eigenvalue weighted by atomic mass is 10.0. The first-order valence-corrected chi connectivity index (χ1v) is 10.3. The van der Waals surface area contributed by atoms with Gasteiger partial charge in [0.15, 0.2) is 0 Å². The van der Waals surface area contributed by atoms with Crippen LogP contribution in [0.5, 0.6) is 5.75 Å². The van der Waals surface area contributed by atoms with Gasteiger partial charge in [0.05, 0.1) is 12.3 Å². The summed E-state index contributed by atoms with van der Waals surface area (Å²) in [4.78, 5) is 30.3. The molecule has 2 amide bonds. The highest BCUT2D eigenvalue weighted by Gasteiger charge is 2.58. The zero-order valence-electron chi connectivity index (χ0n) is 16.8. The summed E-state index contributed by atoms with van der Waals surface area (Å²) in [6.45, 7) is 5.25. The van der Waals surface area contributed by atoms with Crippen molar-refractivity contribution in [3.8, 4) is 5.75 Å². The van der Waals surface area contributed by atoms with E-state index in [1.54, 1.807) is 0 Å². The Morgan fingerprint density at radius 2 is 1.62 bits per heavy atom. The summed E-state index contributed by atoms with van der Waals surface area (Å²) in [5.41, 5.74) is 0.868. The van der Waals surface area contributed by atoms with Gasteiger partial charge in [-0.25, -0.2) is 0 Å². The van der Waals surface area contributed by atoms with Crippen molar-refractivity contribution in [3.05, 3.63) is 54.6 Å². The number of anilines is 2. The van der Waals surface area contributed by atoms with E-state index >= 15 is 0 Å². The van der Waals surface area contributed by atoms with Gasteiger partial charge in [0, 0.05) is 31.9 Å². The van der Waals surface area contributed by atoms with Crippen molar-refractivity contribution >= 4 is 23.2 Å². The molecular weight excluding hydrogens is 366 g/mol. The standard InChI is InChI=1S/C23H27N3O3/c1-2-29-20-11-7-6-10-19(20)24-21(27)23(12-13-23)22(28)26-16-14-25(15-17-26)18-8-4-3-5-9-18/h3-11H,2,12-17H2,1H3,(H,24,27). The van der Waals surface area contributed by atoms with Gasteiger partial charge < -0.3 is 19.9 Å². The first-order chi connectivity index (χ1) is 14.1. The predicted molar refractivity (Wildman–Crippen MR) is 113 cm³/mol. The van der Waals surface area contributed by atoms with Crippen LogP contribution in [0.2, 0.25) is 0 Å². The summed E-state index contributed by atoms with van der Waals surface area (Å²) in [5, 5.41) is 2.93. The summed E-state index contributed by atoms with van der Waals surface area (Å²) in [5.74, 6) is 0.361. The molecule has 0 aromatic heterocycles. The van der Waals surface area contributed by atoms with Crippen molar-refractivity contribution in [2.75, 3.05) is 43.0 Å². The van der Waals surface area contributed by atoms with Gasteiger partial charge in [-0.1, -0.05) is 30.3 Å². The molecular formula is C23H27N3O3. The van der Waals surface area contributed by atoms with Gasteiger partial charge in [-0.05, 0) is 44.0 Å². The van der Waals surface area contributed by atoms with Gasteiger partial charge in [-0.15, -0.1) is 0 Å². The number of nitrogens with one attached hydrogen (secondary N) is 1. The maximum absolute atomic E-state index is 13.2. The summed E-state index contributed by atoms with van der Waals surface area (Å²) in [6.07, 6.45) is 1.21. The zero-order chi connectivity index (χ0) is 20.3. The van der Waals surface area contributed by atoms with E-state index in [4.69, 9.17) is 4.74 Å². The number of nitrogens with zero attached hydrogens (tertiary/aromatic N) is 2. The molecule has 2 aromatic carbocycles. The van der Waals surface area contributed by atoms with E-state index in [2.05, 4.69) is 22.3 Å². The number of carbonyl (C=O) groups is 2. The van der Waals surface area contributed by atoms with Crippen LogP contribution in [0.3, 0.4) is 0 Å². The number of piperazine rings is 1. The lowest BCUT2D eigenvalue weighted by Gasteiger charge is -2.37. The highest BCUT2D eigenvalue weighted by molar-refractivity contribution is 6.13. The number of rotatable bonds is 6. The molecule has 0 unspecified atom stereocenters. The van der Waals surface area contributed by atoms with Crippen LogP contribution in [0.25, 0.3) is 0 Å². The lowest BCUT2D eigenvalue weighted by Crippen LogP contribution is -2.52. The summed E-state index contributed by atoms with van der Waals surface area (Å²) in [6, 6.07) is 17.6. The number of ether oxygens (including phenoxy) is 1. The van der Waals surface area contributed by atoms with E-state index in [0.717, 1.165) is 13.1 Å². The molecule has 0 radical (unpaired) electrons. The Hall–Kier alpha value is -3.02. The Bertz CT molecular complexity index is 872. The van der Waals surface area contributed by atoms with E-state index < -0.39 is 5.41 Å². The highest BCUT2D eigenvalue weighted by Crippen LogP contribution is 2.48. The highest BCUT2D eigenvalue weighted by atomic mass is 16.5. The van der Waals surface area contributed by atoms with E-state index in [1.165, 1.54) is 5.69 Å². The topological polar surface area (TPSA) is 61.9 Å². The van der Waals surface area contributed by atoms with Gasteiger partial charge in [0.25, 0.3) is 0 Å². The summed E-state index contributed by atoms with van der Waals surface area (Å²) >= 11 is 0. The quantitative estimate of drug-likeness (QED) is 0.766. The zero-order valence-corrected chi connectivity index (χ0v) is 16.8. The average Bonchev–Trinajstić information content (AvgIpc) is 3.58. The van der Waals surface area contributed by atoms with Crippen LogP contribution in [0.15, 0.2) is 54.6 Å². The minimum atomic E-state index is -0.922. The van der Waals surface area contributed by atoms with Gasteiger partial charge in [-0.2, -0.15) is 0 Å². The van der Waals surface area contributed by atoms with Crippen LogP contribution in [0.4, 0.5) is 11.4 Å². The first kappa shape index (κ1) is 19.3. The molecule has 29 heavy (non-hydrogen) atoms. The summed E-state index contributed by atoms with van der Waals surface area (Å²) < 4.78 is 5.59. The summed E-state index contributed by atoms with van der Waals surface area (Å²) in [7, 11) is 0. The molecule has 6 nitrogen and oxygen atoms in total. The Labute approximate surface area is 171 Å². The molecule has 1 aliphatic carbocycles. The Balaban J connectivity index is 1.39. The Kier molecular flexibility index (Phi) is 5.43. The molecule has 4 rings (SSSR count). The van der Waals surface area contributed by atoms with E-state index in [-0.39, 0.29) is 11.8 Å². The second kappa shape index (κ2) is 8.15. The normalized spacial score (nSPS) is 17.6. The van der Waals surface area contributed by atoms with Crippen molar-refractivity contribution in [2.45, 2.75) is 19.8 Å². The second-order valence-electron chi connectivity index (χ2n) is 7.58. The minimum absolute atomic E-state index is 0.0448. The van der Waals surface area contributed by atoms with Gasteiger partial charge in [0.1, 0.15) is 11.2 Å². The molecule has 2 aromatic rings. The molecule has 152 valence electrons. The van der Waals surface area contributed by atoms with Crippen LogP contribution in [0.1, 0.15) is 19.8 Å². The van der Waals surface area contributed by atoms with Crippen LogP contribution in [-0.2, 0) is 9.59 Å². The van der Waals surface area contributed by atoms with Gasteiger partial charge >= 0.3 is 0 Å². The van der Waals surface area contributed by atoms with Crippen molar-refractivity contribution in [1.82, 2.24) is 4.90 Å². The van der Waals surface area contributed by atoms with Crippen molar-refractivity contribution in [2.24, 2.45) is 5.41 Å². The molecule has 2 fully saturated rings. The smallest absolute Gasteiger partial charge is 0.240 e. The Morgan fingerprint density at radius 3 is 2.28 bits per heavy atom. The molecule has 0 spiro atoms. The van der Waals surface area contributed by atoms with Crippen molar-refractivity contribution in [1.29, 1.82) is 0 Å². The maximum Gasteiger partial charge on any atom is 0.240 e. The number of hydrogen-bond donors (Lipinski definition) is 1. The van der Waals surface area contributed by atoms with Crippen LogP contribution in [0, 0.1) is 5.41 Å². The fourth-order valence-corrected chi connectivity index (χ4v) is 3.87. The van der Waals surface area contributed by atoms with Crippen molar-refractivity contribution in [3.63, 3.8) is 0 Å². The van der Waals surface area contributed by atoms with Gasteiger partial charge in [0.2, 0.25) is 11.8 Å². The molecule has 1 N–H and O–H groups in total. The van der Waals surface area contributed by atoms with E-state index in [1.807, 2.05) is 54.3 Å². The lowest BCUT2D eigenvalue weighted by molar-refractivity contribution is -0.142. The van der Waals surface area contributed by atoms with Crippen LogP contribution >= 0.6 is 0 Å². The molecule has 0 bridgehead atoms. The SMILES string of the molecule is CCOc1ccccc1NC(=O)C1(C(=O)N2CCN(c3ccccc3)CC2)CC1. The van der Waals surface area contributed by atoms with Gasteiger partial charge in [-0.3, -0.25) is 9.59 Å². The number of hydrogen-bond acceptors (Lipinski definition) is 4. The molecule has 0 atom stereocenters. The minimum Gasteiger partial charge on any atom is -0.492 e. The van der Waals surface area contributed by atoms with E-state index in [9.17, 15) is 9.59 Å². The molecule has 1 heterocycles. The second-order valence-corrected chi connectivity index (χ2v) is 7.58. The fourth-order valence-electron chi connectivity index (χ4n) is 3.87. The van der Waals surface area contributed by atoms with Crippen LogP contribution < -0.4 is 15.0 Å². The largest absolute Gasteiger partial charge is 0.492 e. The Morgan fingerprint density at radius 1 is 0.966 bits per heavy atom. The number of amides is 2.